The van der Waals surface area contributed by atoms with Crippen LogP contribution in [0.2, 0.25) is 0 Å². The highest BCUT2D eigenvalue weighted by Gasteiger charge is 2.33. The Hall–Kier alpha value is -3.99. The Bertz CT molecular complexity index is 1310. The molecule has 5 rings (SSSR count). The Morgan fingerprint density at radius 2 is 1.62 bits per heavy atom. The van der Waals surface area contributed by atoms with Gasteiger partial charge in [0.25, 0.3) is 5.91 Å². The summed E-state index contributed by atoms with van der Waals surface area (Å²) in [6.07, 6.45) is 9.70. The van der Waals surface area contributed by atoms with Crippen LogP contribution in [-0.4, -0.2) is 25.8 Å². The fraction of sp³-hybridized carbons (Fsp3) is 0.148. The van der Waals surface area contributed by atoms with E-state index in [1.165, 1.54) is 5.56 Å². The molecule has 0 bridgehead atoms. The summed E-state index contributed by atoms with van der Waals surface area (Å²) in [6.45, 7) is 4.39. The van der Waals surface area contributed by atoms with Crippen molar-refractivity contribution in [2.75, 3.05) is 0 Å². The number of carbonyl (C=O) groups is 1. The maximum absolute atomic E-state index is 13.2. The van der Waals surface area contributed by atoms with Crippen LogP contribution in [-0.2, 0) is 5.41 Å². The Balaban J connectivity index is 1.43. The number of rotatable bonds is 4. The number of allylic oxidation sites excluding steroid dienone is 2. The van der Waals surface area contributed by atoms with Crippen molar-refractivity contribution >= 4 is 16.9 Å². The molecule has 0 saturated carbocycles. The number of nitrogens with one attached hydrogen (secondary N) is 1. The van der Waals surface area contributed by atoms with E-state index in [-0.39, 0.29) is 11.3 Å². The molecule has 4 aromatic rings. The molecule has 0 atom stereocenters. The standard InChI is InChI=1S/C27H24N4O/c1-19(2)27(22-11-7-4-8-12-22)13-15-31(16-14-27)26(32)23-17-21-18-28-24(30-25(21)29-23)20-9-5-3-6-10-20/h3-19H,1-2H3,(H,28,29,30). The summed E-state index contributed by atoms with van der Waals surface area (Å²) in [5, 5.41) is 0.804. The van der Waals surface area contributed by atoms with E-state index in [4.69, 9.17) is 0 Å². The van der Waals surface area contributed by atoms with E-state index in [0.29, 0.717) is 23.1 Å². The minimum atomic E-state index is -0.242. The lowest BCUT2D eigenvalue weighted by atomic mass is 9.71. The predicted molar refractivity (Wildman–Crippen MR) is 127 cm³/mol. The van der Waals surface area contributed by atoms with Gasteiger partial charge < -0.3 is 4.98 Å². The van der Waals surface area contributed by atoms with Crippen molar-refractivity contribution in [2.24, 2.45) is 5.92 Å². The van der Waals surface area contributed by atoms with Gasteiger partial charge in [-0.15, -0.1) is 0 Å². The Morgan fingerprint density at radius 3 is 2.28 bits per heavy atom. The smallest absolute Gasteiger partial charge is 0.278 e. The second kappa shape index (κ2) is 7.93. The molecule has 0 aliphatic carbocycles. The number of carbonyl (C=O) groups excluding carboxylic acids is 1. The normalized spacial score (nSPS) is 14.9. The number of hydrogen-bond acceptors (Lipinski definition) is 3. The van der Waals surface area contributed by atoms with Crippen molar-refractivity contribution in [1.82, 2.24) is 19.9 Å². The fourth-order valence-electron chi connectivity index (χ4n) is 4.18. The van der Waals surface area contributed by atoms with Gasteiger partial charge in [0.15, 0.2) is 5.82 Å². The fourth-order valence-corrected chi connectivity index (χ4v) is 4.18. The largest absolute Gasteiger partial charge is 0.335 e. The van der Waals surface area contributed by atoms with Crippen LogP contribution < -0.4 is 0 Å². The molecule has 0 fully saturated rings. The zero-order chi connectivity index (χ0) is 22.1. The second-order valence-corrected chi connectivity index (χ2v) is 8.34. The van der Waals surface area contributed by atoms with Gasteiger partial charge in [-0.05, 0) is 17.5 Å². The quantitative estimate of drug-likeness (QED) is 0.460. The molecule has 2 aromatic heterocycles. The van der Waals surface area contributed by atoms with Gasteiger partial charge in [-0.3, -0.25) is 9.69 Å². The number of nitrogens with zero attached hydrogens (tertiary/aromatic N) is 3. The molecule has 1 aliphatic rings. The predicted octanol–water partition coefficient (Wildman–Crippen LogP) is 5.70. The van der Waals surface area contributed by atoms with Crippen LogP contribution >= 0.6 is 0 Å². The number of aromatic amines is 1. The summed E-state index contributed by atoms with van der Waals surface area (Å²) in [4.78, 5) is 27.0. The number of hydrogen-bond donors (Lipinski definition) is 1. The highest BCUT2D eigenvalue weighted by molar-refractivity contribution is 5.98. The maximum Gasteiger partial charge on any atom is 0.278 e. The number of aromatic nitrogens is 3. The second-order valence-electron chi connectivity index (χ2n) is 8.34. The molecule has 1 N–H and O–H groups in total. The minimum Gasteiger partial charge on any atom is -0.335 e. The minimum absolute atomic E-state index is 0.137. The molecule has 158 valence electrons. The Morgan fingerprint density at radius 1 is 0.969 bits per heavy atom. The number of amides is 1. The zero-order valence-electron chi connectivity index (χ0n) is 18.1. The first-order valence-electron chi connectivity index (χ1n) is 10.7. The summed E-state index contributed by atoms with van der Waals surface area (Å²) >= 11 is 0. The lowest BCUT2D eigenvalue weighted by Gasteiger charge is -2.36. The first-order valence-corrected chi connectivity index (χ1v) is 10.7. The molecule has 5 nitrogen and oxygen atoms in total. The van der Waals surface area contributed by atoms with Crippen molar-refractivity contribution in [3.05, 3.63) is 109 Å². The van der Waals surface area contributed by atoms with Crippen molar-refractivity contribution in [1.29, 1.82) is 0 Å². The average Bonchev–Trinajstić information content (AvgIpc) is 3.28. The summed E-state index contributed by atoms with van der Waals surface area (Å²) < 4.78 is 0. The molecule has 1 aliphatic heterocycles. The lowest BCUT2D eigenvalue weighted by molar-refractivity contribution is 0.0861. The molecule has 32 heavy (non-hydrogen) atoms. The summed E-state index contributed by atoms with van der Waals surface area (Å²) in [5.74, 6) is 0.831. The van der Waals surface area contributed by atoms with Crippen LogP contribution in [0.25, 0.3) is 22.4 Å². The van der Waals surface area contributed by atoms with Gasteiger partial charge in [0, 0.05) is 35.0 Å². The molecule has 3 heterocycles. The van der Waals surface area contributed by atoms with Gasteiger partial charge in [-0.25, -0.2) is 9.97 Å². The van der Waals surface area contributed by atoms with E-state index in [2.05, 4.69) is 53.1 Å². The van der Waals surface area contributed by atoms with E-state index in [1.807, 2.05) is 60.9 Å². The van der Waals surface area contributed by atoms with Crippen LogP contribution in [0.15, 0.2) is 97.5 Å². The van der Waals surface area contributed by atoms with Gasteiger partial charge in [-0.1, -0.05) is 86.7 Å². The van der Waals surface area contributed by atoms with Gasteiger partial charge in [0.1, 0.15) is 11.3 Å². The van der Waals surface area contributed by atoms with E-state index in [9.17, 15) is 4.79 Å². The van der Waals surface area contributed by atoms with Gasteiger partial charge in [-0.2, -0.15) is 0 Å². The Kier molecular flexibility index (Phi) is 4.94. The highest BCUT2D eigenvalue weighted by Crippen LogP contribution is 2.38. The van der Waals surface area contributed by atoms with Gasteiger partial charge in [0.05, 0.1) is 0 Å². The topological polar surface area (TPSA) is 61.9 Å². The van der Waals surface area contributed by atoms with Crippen LogP contribution in [0.3, 0.4) is 0 Å². The van der Waals surface area contributed by atoms with Crippen LogP contribution in [0.5, 0.6) is 0 Å². The van der Waals surface area contributed by atoms with Crippen LogP contribution in [0, 0.1) is 5.92 Å². The number of fused-ring (bicyclic) bond motifs is 1. The zero-order valence-corrected chi connectivity index (χ0v) is 18.1. The van der Waals surface area contributed by atoms with Crippen LogP contribution in [0.1, 0.15) is 29.9 Å². The molecular formula is C27H24N4O. The van der Waals surface area contributed by atoms with E-state index >= 15 is 0 Å². The van der Waals surface area contributed by atoms with Crippen molar-refractivity contribution in [3.8, 4) is 11.4 Å². The highest BCUT2D eigenvalue weighted by atomic mass is 16.2. The van der Waals surface area contributed by atoms with Crippen LogP contribution in [0.4, 0.5) is 0 Å². The van der Waals surface area contributed by atoms with Gasteiger partial charge >= 0.3 is 0 Å². The molecular weight excluding hydrogens is 396 g/mol. The third kappa shape index (κ3) is 3.42. The van der Waals surface area contributed by atoms with Gasteiger partial charge in [0.2, 0.25) is 0 Å². The number of H-pyrrole nitrogens is 1. The molecule has 0 radical (unpaired) electrons. The molecule has 2 aromatic carbocycles. The first kappa shape index (κ1) is 19.9. The summed E-state index contributed by atoms with van der Waals surface area (Å²) in [6, 6.07) is 22.0. The van der Waals surface area contributed by atoms with E-state index in [0.717, 1.165) is 10.9 Å². The Labute approximate surface area is 187 Å². The van der Waals surface area contributed by atoms with Crippen molar-refractivity contribution in [3.63, 3.8) is 0 Å². The van der Waals surface area contributed by atoms with Crippen molar-refractivity contribution in [2.45, 2.75) is 19.3 Å². The summed E-state index contributed by atoms with van der Waals surface area (Å²) in [5.41, 5.74) is 3.03. The van der Waals surface area contributed by atoms with E-state index in [1.54, 1.807) is 17.2 Å². The third-order valence-corrected chi connectivity index (χ3v) is 6.12. The number of benzene rings is 2. The molecule has 0 spiro atoms. The van der Waals surface area contributed by atoms with E-state index < -0.39 is 0 Å². The molecule has 1 amide bonds. The molecule has 0 saturated heterocycles. The third-order valence-electron chi connectivity index (χ3n) is 6.12. The molecule has 5 heteroatoms. The maximum atomic E-state index is 13.2. The average molecular weight is 421 g/mol. The first-order chi connectivity index (χ1) is 15.6. The molecule has 0 unspecified atom stereocenters. The SMILES string of the molecule is CC(C)C1(c2ccccc2)C=CN(C(=O)c2cc3cnc(-c4ccccc4)nc3[nH]2)C=C1. The summed E-state index contributed by atoms with van der Waals surface area (Å²) in [7, 11) is 0. The van der Waals surface area contributed by atoms with Crippen molar-refractivity contribution < 1.29 is 4.79 Å². The lowest BCUT2D eigenvalue weighted by Crippen LogP contribution is -2.33. The monoisotopic (exact) mass is 420 g/mol.